The molecule has 0 aromatic heterocycles. The van der Waals surface area contributed by atoms with Crippen LogP contribution >= 0.6 is 0 Å². The van der Waals surface area contributed by atoms with Gasteiger partial charge in [-0.1, -0.05) is 102 Å². The lowest BCUT2D eigenvalue weighted by molar-refractivity contribution is -0.142. The highest BCUT2D eigenvalue weighted by Gasteiger charge is 2.45. The van der Waals surface area contributed by atoms with Crippen molar-refractivity contribution in [3.8, 4) is 0 Å². The molecule has 2 unspecified atom stereocenters. The Kier molecular flexibility index (Phi) is 7.90. The Morgan fingerprint density at radius 1 is 1.03 bits per heavy atom. The first-order valence-electron chi connectivity index (χ1n) is 12.8. The lowest BCUT2D eigenvalue weighted by Gasteiger charge is -2.44. The minimum absolute atomic E-state index is 0.0165. The van der Waals surface area contributed by atoms with Crippen molar-refractivity contribution in [2.24, 2.45) is 5.92 Å². The number of carbonyl (C=O) groups excluding carboxylic acids is 1. The lowest BCUT2D eigenvalue weighted by atomic mass is 9.62. The first-order valence-corrected chi connectivity index (χ1v) is 12.8. The number of rotatable bonds is 9. The molecule has 0 spiro atoms. The van der Waals surface area contributed by atoms with Crippen molar-refractivity contribution < 1.29 is 14.7 Å². The standard InChI is InChI=1S/C30H41NO3/c1-6-7-8-9-10-11-15-26(32)31-30(18-13-12-14-24(30)27(33)34)22-16-17-23-25(21-22)29(4,5)20-19-28(23,2)3/h11-18,21,24H,6-10,19-20H2,1-5H3,(H,31,32)(H,33,34). The van der Waals surface area contributed by atoms with Gasteiger partial charge in [-0.15, -0.1) is 0 Å². The molecule has 0 fully saturated rings. The Labute approximate surface area is 205 Å². The van der Waals surface area contributed by atoms with Crippen LogP contribution in [0, 0.1) is 5.92 Å². The van der Waals surface area contributed by atoms with Gasteiger partial charge in [0.25, 0.3) is 0 Å². The second-order valence-electron chi connectivity index (χ2n) is 11.2. The predicted molar refractivity (Wildman–Crippen MR) is 139 cm³/mol. The molecule has 2 aliphatic carbocycles. The monoisotopic (exact) mass is 463 g/mol. The lowest BCUT2D eigenvalue weighted by Crippen LogP contribution is -2.52. The molecular weight excluding hydrogens is 422 g/mol. The van der Waals surface area contributed by atoms with Crippen molar-refractivity contribution in [3.05, 3.63) is 71.3 Å². The Balaban J connectivity index is 1.99. The largest absolute Gasteiger partial charge is 0.481 e. The van der Waals surface area contributed by atoms with Gasteiger partial charge in [-0.25, -0.2) is 0 Å². The van der Waals surface area contributed by atoms with Gasteiger partial charge in [0.2, 0.25) is 5.91 Å². The molecule has 2 aliphatic rings. The van der Waals surface area contributed by atoms with Gasteiger partial charge in [0.1, 0.15) is 11.5 Å². The number of benzene rings is 1. The minimum Gasteiger partial charge on any atom is -0.481 e. The maximum atomic E-state index is 13.0. The first-order chi connectivity index (χ1) is 16.0. The second-order valence-corrected chi connectivity index (χ2v) is 11.2. The summed E-state index contributed by atoms with van der Waals surface area (Å²) in [7, 11) is 0. The molecule has 0 bridgehead atoms. The number of carbonyl (C=O) groups is 2. The highest BCUT2D eigenvalue weighted by molar-refractivity contribution is 5.90. The highest BCUT2D eigenvalue weighted by atomic mass is 16.4. The molecule has 4 nitrogen and oxygen atoms in total. The number of nitrogens with one attached hydrogen (secondary N) is 1. The van der Waals surface area contributed by atoms with Crippen molar-refractivity contribution in [2.75, 3.05) is 0 Å². The number of hydrogen-bond donors (Lipinski definition) is 2. The average Bonchev–Trinajstić information content (AvgIpc) is 2.79. The second kappa shape index (κ2) is 10.3. The Morgan fingerprint density at radius 3 is 2.41 bits per heavy atom. The molecule has 3 rings (SSSR count). The maximum Gasteiger partial charge on any atom is 0.313 e. The van der Waals surface area contributed by atoms with Crippen LogP contribution in [0.3, 0.4) is 0 Å². The molecule has 1 aromatic carbocycles. The van der Waals surface area contributed by atoms with E-state index in [1.165, 1.54) is 24.0 Å². The van der Waals surface area contributed by atoms with E-state index in [0.717, 1.165) is 37.7 Å². The number of amides is 1. The fourth-order valence-electron chi connectivity index (χ4n) is 5.35. The molecule has 4 heteroatoms. The van der Waals surface area contributed by atoms with E-state index in [2.05, 4.69) is 52.1 Å². The number of hydrogen-bond acceptors (Lipinski definition) is 2. The molecule has 0 aliphatic heterocycles. The van der Waals surface area contributed by atoms with E-state index in [9.17, 15) is 14.7 Å². The van der Waals surface area contributed by atoms with E-state index in [0.29, 0.717) is 0 Å². The quantitative estimate of drug-likeness (QED) is 0.316. The van der Waals surface area contributed by atoms with Crippen molar-refractivity contribution in [2.45, 2.75) is 95.9 Å². The van der Waals surface area contributed by atoms with Gasteiger partial charge in [0.15, 0.2) is 0 Å². The summed E-state index contributed by atoms with van der Waals surface area (Å²) in [5, 5.41) is 13.2. The molecule has 184 valence electrons. The molecule has 2 N–H and O–H groups in total. The zero-order valence-corrected chi connectivity index (χ0v) is 21.5. The van der Waals surface area contributed by atoms with Crippen molar-refractivity contribution in [1.82, 2.24) is 5.32 Å². The highest BCUT2D eigenvalue weighted by Crippen LogP contribution is 2.47. The zero-order valence-electron chi connectivity index (χ0n) is 21.5. The van der Waals surface area contributed by atoms with E-state index >= 15 is 0 Å². The van der Waals surface area contributed by atoms with Crippen molar-refractivity contribution in [3.63, 3.8) is 0 Å². The van der Waals surface area contributed by atoms with Crippen LogP contribution in [0.2, 0.25) is 0 Å². The van der Waals surface area contributed by atoms with Crippen LogP contribution in [0.15, 0.2) is 54.7 Å². The number of carboxylic acid groups (broad SMARTS) is 1. The summed E-state index contributed by atoms with van der Waals surface area (Å²) in [6, 6.07) is 6.30. The Morgan fingerprint density at radius 2 is 1.74 bits per heavy atom. The molecule has 1 amide bonds. The molecule has 0 saturated carbocycles. The van der Waals surface area contributed by atoms with Gasteiger partial charge in [-0.2, -0.15) is 0 Å². The number of fused-ring (bicyclic) bond motifs is 1. The molecule has 1 aromatic rings. The molecule has 0 radical (unpaired) electrons. The molecule has 0 saturated heterocycles. The van der Waals surface area contributed by atoms with Crippen LogP contribution in [-0.2, 0) is 26.0 Å². The fraction of sp³-hybridized carbons (Fsp3) is 0.533. The van der Waals surface area contributed by atoms with Gasteiger partial charge < -0.3 is 10.4 Å². The summed E-state index contributed by atoms with van der Waals surface area (Å²) in [6.07, 6.45) is 18.2. The fourth-order valence-corrected chi connectivity index (χ4v) is 5.35. The number of carboxylic acids is 1. The topological polar surface area (TPSA) is 66.4 Å². The third-order valence-corrected chi connectivity index (χ3v) is 7.68. The SMILES string of the molecule is CCCCCCC=CC(=O)NC1(c2ccc3c(c2)C(C)(C)CCC3(C)C)C=CC=CC1C(=O)O. The number of allylic oxidation sites excluding steroid dienone is 3. The number of aliphatic carboxylic acids is 1. The summed E-state index contributed by atoms with van der Waals surface area (Å²) >= 11 is 0. The first kappa shape index (κ1) is 26.0. The summed E-state index contributed by atoms with van der Waals surface area (Å²) in [5.41, 5.74) is 2.27. The van der Waals surface area contributed by atoms with Crippen LogP contribution in [0.25, 0.3) is 0 Å². The molecule has 2 atom stereocenters. The minimum atomic E-state index is -1.14. The molecular formula is C30H41NO3. The van der Waals surface area contributed by atoms with Crippen LogP contribution in [0.4, 0.5) is 0 Å². The summed E-state index contributed by atoms with van der Waals surface area (Å²) in [6.45, 7) is 11.2. The third kappa shape index (κ3) is 5.37. The van der Waals surface area contributed by atoms with Gasteiger partial charge in [0.05, 0.1) is 0 Å². The van der Waals surface area contributed by atoms with E-state index in [-0.39, 0.29) is 16.7 Å². The van der Waals surface area contributed by atoms with Crippen LogP contribution in [-0.4, -0.2) is 17.0 Å². The van der Waals surface area contributed by atoms with Gasteiger partial charge in [-0.05, 0) is 59.3 Å². The van der Waals surface area contributed by atoms with E-state index in [1.807, 2.05) is 24.3 Å². The van der Waals surface area contributed by atoms with Gasteiger partial charge in [0, 0.05) is 0 Å². The maximum absolute atomic E-state index is 13.0. The Hall–Kier alpha value is -2.62. The van der Waals surface area contributed by atoms with Crippen LogP contribution in [0.1, 0.15) is 96.3 Å². The zero-order chi connectivity index (χ0) is 25.0. The number of unbranched alkanes of at least 4 members (excludes halogenated alkanes) is 4. The van der Waals surface area contributed by atoms with Crippen molar-refractivity contribution >= 4 is 11.9 Å². The Bertz CT molecular complexity index is 998. The molecule has 0 heterocycles. The normalized spacial score (nSPS) is 24.7. The van der Waals surface area contributed by atoms with E-state index in [4.69, 9.17) is 0 Å². The summed E-state index contributed by atoms with van der Waals surface area (Å²) in [4.78, 5) is 25.4. The predicted octanol–water partition coefficient (Wildman–Crippen LogP) is 6.70. The molecule has 34 heavy (non-hydrogen) atoms. The van der Waals surface area contributed by atoms with Gasteiger partial charge in [-0.3, -0.25) is 9.59 Å². The average molecular weight is 464 g/mol. The smallest absolute Gasteiger partial charge is 0.313 e. The van der Waals surface area contributed by atoms with Crippen molar-refractivity contribution in [1.29, 1.82) is 0 Å². The van der Waals surface area contributed by atoms with E-state index in [1.54, 1.807) is 18.2 Å². The van der Waals surface area contributed by atoms with Gasteiger partial charge >= 0.3 is 5.97 Å². The van der Waals surface area contributed by atoms with Crippen LogP contribution < -0.4 is 5.32 Å². The summed E-state index contributed by atoms with van der Waals surface area (Å²) in [5.74, 6) is -2.11. The van der Waals surface area contributed by atoms with Crippen LogP contribution in [0.5, 0.6) is 0 Å². The summed E-state index contributed by atoms with van der Waals surface area (Å²) < 4.78 is 0. The van der Waals surface area contributed by atoms with E-state index < -0.39 is 17.4 Å². The third-order valence-electron chi connectivity index (χ3n) is 7.68.